The van der Waals surface area contributed by atoms with Crippen LogP contribution in [0.15, 0.2) is 194 Å². The van der Waals surface area contributed by atoms with Crippen LogP contribution in [0.4, 0.5) is 34.1 Å². The van der Waals surface area contributed by atoms with E-state index in [2.05, 4.69) is 225 Å². The van der Waals surface area contributed by atoms with Crippen molar-refractivity contribution in [3.8, 4) is 33.4 Å². The maximum atomic E-state index is 2.57. The summed E-state index contributed by atoms with van der Waals surface area (Å²) in [5.74, 6) is 0. The van der Waals surface area contributed by atoms with Gasteiger partial charge in [0.1, 0.15) is 0 Å². The smallest absolute Gasteiger partial charge is 0.252 e. The van der Waals surface area contributed by atoms with Gasteiger partial charge in [0.15, 0.2) is 0 Å². The molecule has 0 unspecified atom stereocenters. The van der Waals surface area contributed by atoms with Crippen LogP contribution in [0.3, 0.4) is 0 Å². The molecule has 0 saturated carbocycles. The maximum absolute atomic E-state index is 2.57. The molecule has 3 heteroatoms. The van der Waals surface area contributed by atoms with Crippen molar-refractivity contribution in [1.29, 1.82) is 0 Å². The molecule has 0 aromatic heterocycles. The summed E-state index contributed by atoms with van der Waals surface area (Å²) in [4.78, 5) is 5.10. The molecule has 2 nitrogen and oxygen atoms in total. The zero-order valence-electron chi connectivity index (χ0n) is 31.4. The van der Waals surface area contributed by atoms with Gasteiger partial charge in [0.05, 0.1) is 5.69 Å². The second-order valence-electron chi connectivity index (χ2n) is 15.8. The Morgan fingerprint density at radius 3 is 1.36 bits per heavy atom. The molecule has 2 aliphatic heterocycles. The molecule has 0 atom stereocenters. The first-order valence-corrected chi connectivity index (χ1v) is 19.3. The van der Waals surface area contributed by atoms with E-state index in [-0.39, 0.29) is 12.1 Å². The molecule has 0 amide bonds. The molecule has 262 valence electrons. The molecule has 2 aliphatic rings. The first kappa shape index (κ1) is 33.0. The van der Waals surface area contributed by atoms with Crippen LogP contribution in [0, 0.1) is 0 Å². The molecule has 0 N–H and O–H groups in total. The van der Waals surface area contributed by atoms with Crippen LogP contribution in [0.5, 0.6) is 0 Å². The van der Waals surface area contributed by atoms with Gasteiger partial charge in [-0.3, -0.25) is 0 Å². The van der Waals surface area contributed by atoms with E-state index in [1.165, 1.54) is 83.8 Å². The zero-order valence-corrected chi connectivity index (χ0v) is 31.4. The Labute approximate surface area is 325 Å². The minimum Gasteiger partial charge on any atom is -0.311 e. The van der Waals surface area contributed by atoms with Crippen molar-refractivity contribution in [1.82, 2.24) is 0 Å². The van der Waals surface area contributed by atoms with E-state index in [1.807, 2.05) is 0 Å². The van der Waals surface area contributed by atoms with Gasteiger partial charge in [-0.15, -0.1) is 0 Å². The van der Waals surface area contributed by atoms with E-state index in [1.54, 1.807) is 0 Å². The van der Waals surface area contributed by atoms with Crippen LogP contribution < -0.4 is 26.2 Å². The van der Waals surface area contributed by atoms with E-state index in [0.29, 0.717) is 0 Å². The Kier molecular flexibility index (Phi) is 7.85. The van der Waals surface area contributed by atoms with E-state index in [0.717, 1.165) is 5.69 Å². The molecular weight excluding hydrogens is 663 g/mol. The highest BCUT2D eigenvalue weighted by molar-refractivity contribution is 7.00. The standard InChI is InChI=1S/C52H41BN2/c1-52(2,3)41-34-49-51-50(35-41)55(46-27-17-16-26-43(46)38-22-12-6-13-23-38)48-33-40(37-20-10-5-11-21-37)29-31-45(48)53(51)44-30-28-39(36-18-8-4-9-19-36)32-47(44)54(49)42-24-14-7-15-25-42/h4-35H,1-3H3. The Balaban J connectivity index is 1.33. The van der Waals surface area contributed by atoms with Crippen molar-refractivity contribution in [2.75, 3.05) is 9.80 Å². The monoisotopic (exact) mass is 704 g/mol. The van der Waals surface area contributed by atoms with E-state index >= 15 is 0 Å². The molecular formula is C52H41BN2. The van der Waals surface area contributed by atoms with Gasteiger partial charge in [-0.1, -0.05) is 172 Å². The molecule has 55 heavy (non-hydrogen) atoms. The summed E-state index contributed by atoms with van der Waals surface area (Å²) in [6, 6.07) is 71.5. The van der Waals surface area contributed by atoms with Crippen molar-refractivity contribution in [3.63, 3.8) is 0 Å². The summed E-state index contributed by atoms with van der Waals surface area (Å²) in [7, 11) is 0. The number of hydrogen-bond acceptors (Lipinski definition) is 2. The summed E-state index contributed by atoms with van der Waals surface area (Å²) in [6.07, 6.45) is 0. The lowest BCUT2D eigenvalue weighted by molar-refractivity contribution is 0.590. The predicted octanol–water partition coefficient (Wildman–Crippen LogP) is 12.1. The summed E-state index contributed by atoms with van der Waals surface area (Å²) in [5, 5.41) is 0. The van der Waals surface area contributed by atoms with Gasteiger partial charge in [0.25, 0.3) is 6.71 Å². The average Bonchev–Trinajstić information content (AvgIpc) is 3.24. The molecule has 10 rings (SSSR count). The fourth-order valence-corrected chi connectivity index (χ4v) is 8.69. The highest BCUT2D eigenvalue weighted by Gasteiger charge is 2.44. The van der Waals surface area contributed by atoms with Gasteiger partial charge in [-0.2, -0.15) is 0 Å². The van der Waals surface area contributed by atoms with Gasteiger partial charge in [0.2, 0.25) is 0 Å². The zero-order chi connectivity index (χ0) is 37.1. The first-order chi connectivity index (χ1) is 26.9. The Morgan fingerprint density at radius 2 is 0.818 bits per heavy atom. The third kappa shape index (κ3) is 5.58. The maximum Gasteiger partial charge on any atom is 0.252 e. The topological polar surface area (TPSA) is 6.48 Å². The van der Waals surface area contributed by atoms with Crippen LogP contribution in [0.1, 0.15) is 26.3 Å². The number of nitrogens with zero attached hydrogens (tertiary/aromatic N) is 2. The van der Waals surface area contributed by atoms with Gasteiger partial charge in [-0.25, -0.2) is 0 Å². The highest BCUT2D eigenvalue weighted by atomic mass is 15.2. The predicted molar refractivity (Wildman–Crippen MR) is 235 cm³/mol. The summed E-state index contributed by atoms with van der Waals surface area (Å²) < 4.78 is 0. The Morgan fingerprint density at radius 1 is 0.364 bits per heavy atom. The minimum absolute atomic E-state index is 0.0266. The van der Waals surface area contributed by atoms with Crippen molar-refractivity contribution in [2.24, 2.45) is 0 Å². The van der Waals surface area contributed by atoms with Crippen molar-refractivity contribution < 1.29 is 0 Å². The molecule has 0 saturated heterocycles. The number of anilines is 6. The van der Waals surface area contributed by atoms with Crippen molar-refractivity contribution in [3.05, 3.63) is 200 Å². The molecule has 0 aliphatic carbocycles. The van der Waals surface area contributed by atoms with Crippen LogP contribution in [0.25, 0.3) is 33.4 Å². The van der Waals surface area contributed by atoms with Gasteiger partial charge in [-0.05, 0) is 97.6 Å². The summed E-state index contributed by atoms with van der Waals surface area (Å²) in [6.45, 7) is 7.03. The average molecular weight is 705 g/mol. The molecule has 8 aromatic rings. The van der Waals surface area contributed by atoms with Crippen molar-refractivity contribution in [2.45, 2.75) is 26.2 Å². The van der Waals surface area contributed by atoms with Crippen LogP contribution in [0.2, 0.25) is 0 Å². The molecule has 8 aromatic carbocycles. The quantitative estimate of drug-likeness (QED) is 0.165. The minimum atomic E-state index is -0.105. The third-order valence-electron chi connectivity index (χ3n) is 11.4. The molecule has 0 fully saturated rings. The van der Waals surface area contributed by atoms with Crippen molar-refractivity contribution >= 4 is 57.2 Å². The fourth-order valence-electron chi connectivity index (χ4n) is 8.69. The lowest BCUT2D eigenvalue weighted by atomic mass is 9.33. The van der Waals surface area contributed by atoms with E-state index in [9.17, 15) is 0 Å². The normalized spacial score (nSPS) is 12.9. The Hall–Kier alpha value is -6.58. The third-order valence-corrected chi connectivity index (χ3v) is 11.4. The van der Waals surface area contributed by atoms with E-state index in [4.69, 9.17) is 0 Å². The van der Waals surface area contributed by atoms with Gasteiger partial charge < -0.3 is 9.80 Å². The molecule has 2 heterocycles. The van der Waals surface area contributed by atoms with Crippen LogP contribution in [-0.4, -0.2) is 6.71 Å². The summed E-state index contributed by atoms with van der Waals surface area (Å²) >= 11 is 0. The SMILES string of the molecule is CC(C)(C)c1cc2c3c(c1)N(c1ccccc1-c1ccccc1)c1cc(-c4ccccc4)ccc1B3c1ccc(-c3ccccc3)cc1N2c1ccccc1. The molecule has 0 bridgehead atoms. The first-order valence-electron chi connectivity index (χ1n) is 19.3. The second kappa shape index (κ2) is 13.1. The van der Waals surface area contributed by atoms with Crippen LogP contribution in [-0.2, 0) is 5.41 Å². The number of para-hydroxylation sites is 2. The van der Waals surface area contributed by atoms with Crippen LogP contribution >= 0.6 is 0 Å². The van der Waals surface area contributed by atoms with E-state index < -0.39 is 0 Å². The number of hydrogen-bond donors (Lipinski definition) is 0. The summed E-state index contributed by atoms with van der Waals surface area (Å²) in [5.41, 5.74) is 19.6. The molecule has 0 spiro atoms. The Bertz CT molecular complexity index is 2680. The lowest BCUT2D eigenvalue weighted by Crippen LogP contribution is -2.61. The number of fused-ring (bicyclic) bond motifs is 4. The highest BCUT2D eigenvalue weighted by Crippen LogP contribution is 2.48. The van der Waals surface area contributed by atoms with Gasteiger partial charge in [0, 0.05) is 34.0 Å². The molecule has 0 radical (unpaired) electrons. The lowest BCUT2D eigenvalue weighted by Gasteiger charge is -2.45. The van der Waals surface area contributed by atoms with Gasteiger partial charge >= 0.3 is 0 Å². The second-order valence-corrected chi connectivity index (χ2v) is 15.8. The fraction of sp³-hybridized carbons (Fsp3) is 0.0769. The largest absolute Gasteiger partial charge is 0.311 e. The number of benzene rings is 8. The number of rotatable bonds is 5.